The number of rotatable bonds is 4. The largest absolute Gasteiger partial charge is 0.497 e. The summed E-state index contributed by atoms with van der Waals surface area (Å²) in [6.07, 6.45) is 0.707. The zero-order valence-electron chi connectivity index (χ0n) is 15.6. The van der Waals surface area contributed by atoms with Crippen LogP contribution in [0.25, 0.3) is 0 Å². The van der Waals surface area contributed by atoms with Crippen molar-refractivity contribution in [1.82, 2.24) is 4.90 Å². The number of benzene rings is 2. The highest BCUT2D eigenvalue weighted by atomic mass is 16.5. The lowest BCUT2D eigenvalue weighted by molar-refractivity contribution is 0.0600. The SMILES string of the molecule is COC(=O)c1cccc(NC(=O)N2CCc3cc(OC)cc(OC)c3C2)c1. The summed E-state index contributed by atoms with van der Waals surface area (Å²) in [6, 6.07) is 10.2. The first-order valence-corrected chi connectivity index (χ1v) is 8.53. The van der Waals surface area contributed by atoms with Crippen molar-refractivity contribution in [2.45, 2.75) is 13.0 Å². The van der Waals surface area contributed by atoms with E-state index in [0.717, 1.165) is 16.9 Å². The van der Waals surface area contributed by atoms with Crippen LogP contribution in [0.4, 0.5) is 10.5 Å². The van der Waals surface area contributed by atoms with Crippen LogP contribution < -0.4 is 14.8 Å². The number of hydrogen-bond acceptors (Lipinski definition) is 5. The Morgan fingerprint density at radius 2 is 1.89 bits per heavy atom. The lowest BCUT2D eigenvalue weighted by atomic mass is 9.98. The Balaban J connectivity index is 1.75. The molecule has 2 aromatic rings. The maximum atomic E-state index is 12.7. The zero-order chi connectivity index (χ0) is 19.4. The average molecular weight is 370 g/mol. The second-order valence-electron chi connectivity index (χ2n) is 6.14. The highest BCUT2D eigenvalue weighted by Gasteiger charge is 2.24. The van der Waals surface area contributed by atoms with Gasteiger partial charge in [-0.2, -0.15) is 0 Å². The predicted molar refractivity (Wildman–Crippen MR) is 100 cm³/mol. The molecule has 1 aliphatic heterocycles. The molecule has 0 bridgehead atoms. The van der Waals surface area contributed by atoms with Crippen LogP contribution in [0.5, 0.6) is 11.5 Å². The summed E-state index contributed by atoms with van der Waals surface area (Å²) in [5.74, 6) is 0.995. The maximum absolute atomic E-state index is 12.7. The molecule has 1 heterocycles. The first-order valence-electron chi connectivity index (χ1n) is 8.53. The first kappa shape index (κ1) is 18.6. The Morgan fingerprint density at radius 1 is 1.07 bits per heavy atom. The normalized spacial score (nSPS) is 12.8. The topological polar surface area (TPSA) is 77.1 Å². The average Bonchev–Trinajstić information content (AvgIpc) is 2.71. The molecular weight excluding hydrogens is 348 g/mol. The lowest BCUT2D eigenvalue weighted by Crippen LogP contribution is -2.39. The molecule has 7 heteroatoms. The van der Waals surface area contributed by atoms with E-state index in [9.17, 15) is 9.59 Å². The van der Waals surface area contributed by atoms with E-state index in [1.807, 2.05) is 12.1 Å². The molecule has 7 nitrogen and oxygen atoms in total. The van der Waals surface area contributed by atoms with E-state index < -0.39 is 5.97 Å². The summed E-state index contributed by atoms with van der Waals surface area (Å²) in [4.78, 5) is 26.0. The number of fused-ring (bicyclic) bond motifs is 1. The molecule has 27 heavy (non-hydrogen) atoms. The summed E-state index contributed by atoms with van der Waals surface area (Å²) in [6.45, 7) is 1.01. The number of nitrogens with one attached hydrogen (secondary N) is 1. The van der Waals surface area contributed by atoms with Gasteiger partial charge in [-0.25, -0.2) is 9.59 Å². The van der Waals surface area contributed by atoms with E-state index in [2.05, 4.69) is 5.32 Å². The van der Waals surface area contributed by atoms with Gasteiger partial charge < -0.3 is 24.4 Å². The number of nitrogens with zero attached hydrogens (tertiary/aromatic N) is 1. The fourth-order valence-electron chi connectivity index (χ4n) is 3.12. The minimum Gasteiger partial charge on any atom is -0.497 e. The molecule has 3 rings (SSSR count). The van der Waals surface area contributed by atoms with Crippen molar-refractivity contribution in [3.05, 3.63) is 53.1 Å². The van der Waals surface area contributed by atoms with Gasteiger partial charge in [0.25, 0.3) is 0 Å². The van der Waals surface area contributed by atoms with Crippen molar-refractivity contribution < 1.29 is 23.8 Å². The number of carbonyl (C=O) groups is 2. The molecule has 0 fully saturated rings. The molecule has 2 amide bonds. The fraction of sp³-hybridized carbons (Fsp3) is 0.300. The second kappa shape index (κ2) is 7.99. The number of urea groups is 1. The van der Waals surface area contributed by atoms with Gasteiger partial charge in [-0.1, -0.05) is 6.07 Å². The Kier molecular flexibility index (Phi) is 5.49. The summed E-state index contributed by atoms with van der Waals surface area (Å²) in [7, 11) is 4.54. The number of amides is 2. The molecule has 142 valence electrons. The number of esters is 1. The second-order valence-corrected chi connectivity index (χ2v) is 6.14. The highest BCUT2D eigenvalue weighted by Crippen LogP contribution is 2.33. The summed E-state index contributed by atoms with van der Waals surface area (Å²) in [5, 5.41) is 2.84. The number of ether oxygens (including phenoxy) is 3. The maximum Gasteiger partial charge on any atom is 0.337 e. The predicted octanol–water partition coefficient (Wildman–Crippen LogP) is 3.08. The van der Waals surface area contributed by atoms with Crippen LogP contribution in [0.1, 0.15) is 21.5 Å². The van der Waals surface area contributed by atoms with Gasteiger partial charge >= 0.3 is 12.0 Å². The fourth-order valence-corrected chi connectivity index (χ4v) is 3.12. The van der Waals surface area contributed by atoms with Gasteiger partial charge in [0.2, 0.25) is 0 Å². The Hall–Kier alpha value is -3.22. The summed E-state index contributed by atoms with van der Waals surface area (Å²) < 4.78 is 15.5. The Morgan fingerprint density at radius 3 is 2.59 bits per heavy atom. The van der Waals surface area contributed by atoms with E-state index in [1.54, 1.807) is 43.4 Å². The van der Waals surface area contributed by atoms with Gasteiger partial charge in [0.1, 0.15) is 11.5 Å². The van der Waals surface area contributed by atoms with E-state index in [4.69, 9.17) is 14.2 Å². The van der Waals surface area contributed by atoms with Gasteiger partial charge in [-0.15, -0.1) is 0 Å². The molecule has 2 aromatic carbocycles. The van der Waals surface area contributed by atoms with Crippen LogP contribution >= 0.6 is 0 Å². The van der Waals surface area contributed by atoms with Crippen LogP contribution in [0.2, 0.25) is 0 Å². The van der Waals surface area contributed by atoms with Crippen LogP contribution in [0.15, 0.2) is 36.4 Å². The van der Waals surface area contributed by atoms with Crippen LogP contribution in [-0.4, -0.2) is 44.8 Å². The van der Waals surface area contributed by atoms with Crippen molar-refractivity contribution in [2.24, 2.45) is 0 Å². The van der Waals surface area contributed by atoms with E-state index in [-0.39, 0.29) is 6.03 Å². The van der Waals surface area contributed by atoms with Gasteiger partial charge in [0, 0.05) is 23.9 Å². The molecule has 0 aromatic heterocycles. The van der Waals surface area contributed by atoms with E-state index >= 15 is 0 Å². The number of hydrogen-bond donors (Lipinski definition) is 1. The zero-order valence-corrected chi connectivity index (χ0v) is 15.6. The monoisotopic (exact) mass is 370 g/mol. The minimum atomic E-state index is -0.448. The van der Waals surface area contributed by atoms with Crippen LogP contribution in [0, 0.1) is 0 Å². The lowest BCUT2D eigenvalue weighted by Gasteiger charge is -2.30. The molecule has 0 radical (unpaired) electrons. The molecule has 0 unspecified atom stereocenters. The molecule has 0 spiro atoms. The molecular formula is C20H22N2O5. The first-order chi connectivity index (χ1) is 13.0. The van der Waals surface area contributed by atoms with Crippen molar-refractivity contribution in [2.75, 3.05) is 33.2 Å². The quantitative estimate of drug-likeness (QED) is 0.837. The van der Waals surface area contributed by atoms with Crippen molar-refractivity contribution >= 4 is 17.7 Å². The summed E-state index contributed by atoms with van der Waals surface area (Å²) in [5.41, 5.74) is 3.01. The van der Waals surface area contributed by atoms with Crippen molar-refractivity contribution in [3.8, 4) is 11.5 Å². The third-order valence-electron chi connectivity index (χ3n) is 4.55. The highest BCUT2D eigenvalue weighted by molar-refractivity contribution is 5.94. The molecule has 0 aliphatic carbocycles. The smallest absolute Gasteiger partial charge is 0.337 e. The third kappa shape index (κ3) is 3.97. The van der Waals surface area contributed by atoms with Gasteiger partial charge in [0.15, 0.2) is 0 Å². The van der Waals surface area contributed by atoms with Crippen LogP contribution in [0.3, 0.4) is 0 Å². The Bertz CT molecular complexity index is 848. The summed E-state index contributed by atoms with van der Waals surface area (Å²) >= 11 is 0. The molecule has 0 saturated heterocycles. The molecule has 0 atom stereocenters. The Labute approximate surface area is 157 Å². The standard InChI is InChI=1S/C20H22N2O5/c1-25-16-10-13-7-8-22(12-17(13)18(11-16)26-2)20(24)21-15-6-4-5-14(9-15)19(23)27-3/h4-6,9-11H,7-8,12H2,1-3H3,(H,21,24). The molecule has 0 saturated carbocycles. The van der Waals surface area contributed by atoms with Crippen LogP contribution in [-0.2, 0) is 17.7 Å². The minimum absolute atomic E-state index is 0.236. The van der Waals surface area contributed by atoms with Gasteiger partial charge in [-0.05, 0) is 36.2 Å². The third-order valence-corrected chi connectivity index (χ3v) is 4.55. The van der Waals surface area contributed by atoms with Crippen molar-refractivity contribution in [3.63, 3.8) is 0 Å². The van der Waals surface area contributed by atoms with Gasteiger partial charge in [-0.3, -0.25) is 0 Å². The van der Waals surface area contributed by atoms with Crippen molar-refractivity contribution in [1.29, 1.82) is 0 Å². The molecule has 1 N–H and O–H groups in total. The molecule has 1 aliphatic rings. The number of anilines is 1. The van der Waals surface area contributed by atoms with E-state index in [0.29, 0.717) is 36.5 Å². The number of methoxy groups -OCH3 is 3. The van der Waals surface area contributed by atoms with Gasteiger partial charge in [0.05, 0.1) is 33.4 Å². The number of carbonyl (C=O) groups excluding carboxylic acids is 2. The van der Waals surface area contributed by atoms with E-state index in [1.165, 1.54) is 7.11 Å².